The normalized spacial score (nSPS) is 23.0. The number of nitrogens with zero attached hydrogens (tertiary/aromatic N) is 1. The second kappa shape index (κ2) is 6.02. The number of carbonyl (C=O) groups is 2. The van der Waals surface area contributed by atoms with Crippen LogP contribution in [0.25, 0.3) is 0 Å². The maximum atomic E-state index is 13.1. The molecule has 0 bridgehead atoms. The third-order valence-corrected chi connectivity index (χ3v) is 4.22. The summed E-state index contributed by atoms with van der Waals surface area (Å²) in [5, 5.41) is 3.05. The van der Waals surface area contributed by atoms with Crippen LogP contribution in [-0.4, -0.2) is 28.8 Å². The van der Waals surface area contributed by atoms with Crippen molar-refractivity contribution in [3.8, 4) is 0 Å². The zero-order valence-electron chi connectivity index (χ0n) is 12.1. The summed E-state index contributed by atoms with van der Waals surface area (Å²) in [6, 6.07) is 4.10. The van der Waals surface area contributed by atoms with Crippen molar-refractivity contribution in [2.24, 2.45) is 0 Å². The van der Waals surface area contributed by atoms with Crippen molar-refractivity contribution in [3.63, 3.8) is 0 Å². The van der Waals surface area contributed by atoms with Gasteiger partial charge in [-0.15, -0.1) is 0 Å². The van der Waals surface area contributed by atoms with E-state index in [9.17, 15) is 14.0 Å². The minimum atomic E-state index is -0.903. The Hall–Kier alpha value is -1.62. The van der Waals surface area contributed by atoms with E-state index in [2.05, 4.69) is 5.32 Å². The minimum absolute atomic E-state index is 0.139. The summed E-state index contributed by atoms with van der Waals surface area (Å²) < 4.78 is 13.1. The first-order chi connectivity index (χ1) is 9.85. The van der Waals surface area contributed by atoms with E-state index in [1.165, 1.54) is 12.1 Å². The summed E-state index contributed by atoms with van der Waals surface area (Å²) in [7, 11) is 0. The number of nitrogens with one attached hydrogen (secondary N) is 1. The van der Waals surface area contributed by atoms with Crippen molar-refractivity contribution in [1.29, 1.82) is 0 Å². The Bertz CT molecular complexity index is 579. The first kappa shape index (κ1) is 15.8. The van der Waals surface area contributed by atoms with Gasteiger partial charge in [0.15, 0.2) is 0 Å². The van der Waals surface area contributed by atoms with Crippen LogP contribution in [0.2, 0.25) is 5.02 Å². The Balaban J connectivity index is 2.25. The largest absolute Gasteiger partial charge is 0.342 e. The van der Waals surface area contributed by atoms with Gasteiger partial charge in [-0.1, -0.05) is 24.6 Å². The third-order valence-electron chi connectivity index (χ3n) is 3.87. The van der Waals surface area contributed by atoms with Gasteiger partial charge in [-0.3, -0.25) is 9.59 Å². The van der Waals surface area contributed by atoms with Gasteiger partial charge in [-0.05, 0) is 31.0 Å². The molecule has 0 radical (unpaired) electrons. The first-order valence-corrected chi connectivity index (χ1v) is 7.28. The highest BCUT2D eigenvalue weighted by atomic mass is 35.5. The summed E-state index contributed by atoms with van der Waals surface area (Å²) in [5.74, 6) is -0.696. The summed E-state index contributed by atoms with van der Waals surface area (Å²) in [6.07, 6.45) is 0.755. The molecule has 1 N–H and O–H groups in total. The van der Waals surface area contributed by atoms with Crippen molar-refractivity contribution >= 4 is 23.4 Å². The molecule has 6 heteroatoms. The number of rotatable bonds is 3. The van der Waals surface area contributed by atoms with Crippen LogP contribution in [0.5, 0.6) is 0 Å². The van der Waals surface area contributed by atoms with Gasteiger partial charge in [0, 0.05) is 24.5 Å². The molecule has 0 aromatic heterocycles. The van der Waals surface area contributed by atoms with Crippen LogP contribution < -0.4 is 5.32 Å². The number of halogens is 2. The molecule has 1 saturated heterocycles. The maximum Gasteiger partial charge on any atom is 0.248 e. The molecule has 1 aromatic carbocycles. The third kappa shape index (κ3) is 3.35. The maximum absolute atomic E-state index is 13.1. The van der Waals surface area contributed by atoms with E-state index in [1.54, 1.807) is 17.9 Å². The lowest BCUT2D eigenvalue weighted by Gasteiger charge is -2.31. The van der Waals surface area contributed by atoms with Gasteiger partial charge >= 0.3 is 0 Å². The smallest absolute Gasteiger partial charge is 0.248 e. The highest BCUT2D eigenvalue weighted by molar-refractivity contribution is 6.31. The molecule has 0 aliphatic carbocycles. The molecule has 0 saturated carbocycles. The van der Waals surface area contributed by atoms with E-state index in [1.807, 2.05) is 6.92 Å². The van der Waals surface area contributed by atoms with E-state index in [-0.39, 0.29) is 29.8 Å². The molecule has 1 aromatic rings. The summed E-state index contributed by atoms with van der Waals surface area (Å²) in [5.41, 5.74) is -0.237. The molecular weight excluding hydrogens is 295 g/mol. The van der Waals surface area contributed by atoms with Gasteiger partial charge in [0.2, 0.25) is 11.8 Å². The molecule has 1 heterocycles. The lowest BCUT2D eigenvalue weighted by molar-refractivity contribution is -0.138. The van der Waals surface area contributed by atoms with E-state index in [0.29, 0.717) is 18.5 Å². The average Bonchev–Trinajstić information content (AvgIpc) is 2.53. The monoisotopic (exact) mass is 312 g/mol. The fourth-order valence-electron chi connectivity index (χ4n) is 2.36. The quantitative estimate of drug-likeness (QED) is 0.932. The number of benzene rings is 1. The lowest BCUT2D eigenvalue weighted by atomic mass is 9.97. The molecule has 1 aliphatic heterocycles. The molecule has 1 fully saturated rings. The highest BCUT2D eigenvalue weighted by Gasteiger charge is 2.39. The van der Waals surface area contributed by atoms with Crippen LogP contribution >= 0.6 is 11.6 Å². The van der Waals surface area contributed by atoms with Crippen molar-refractivity contribution in [3.05, 3.63) is 34.6 Å². The van der Waals surface area contributed by atoms with Crippen LogP contribution in [0.15, 0.2) is 18.2 Å². The molecule has 21 heavy (non-hydrogen) atoms. The molecule has 1 unspecified atom stereocenters. The Morgan fingerprint density at radius 3 is 2.76 bits per heavy atom. The second-order valence-corrected chi connectivity index (χ2v) is 5.85. The topological polar surface area (TPSA) is 49.4 Å². The van der Waals surface area contributed by atoms with Crippen LogP contribution in [0.1, 0.15) is 32.3 Å². The Kier molecular flexibility index (Phi) is 4.52. The minimum Gasteiger partial charge on any atom is -0.342 e. The molecule has 4 nitrogen and oxygen atoms in total. The van der Waals surface area contributed by atoms with Crippen molar-refractivity contribution < 1.29 is 14.0 Å². The van der Waals surface area contributed by atoms with Crippen molar-refractivity contribution in [1.82, 2.24) is 10.2 Å². The SMILES string of the molecule is CCC1(C)NC(=O)CCN(Cc2ccc(F)cc2Cl)C1=O. The number of hydrogen-bond acceptors (Lipinski definition) is 2. The zero-order valence-corrected chi connectivity index (χ0v) is 12.8. The zero-order chi connectivity index (χ0) is 15.6. The van der Waals surface area contributed by atoms with Gasteiger partial charge < -0.3 is 10.2 Å². The fourth-order valence-corrected chi connectivity index (χ4v) is 2.58. The van der Waals surface area contributed by atoms with Crippen LogP contribution in [-0.2, 0) is 16.1 Å². The van der Waals surface area contributed by atoms with Gasteiger partial charge in [-0.2, -0.15) is 0 Å². The lowest BCUT2D eigenvalue weighted by Crippen LogP contribution is -2.54. The predicted octanol–water partition coefficient (Wildman–Crippen LogP) is 2.50. The molecule has 2 rings (SSSR count). The average molecular weight is 313 g/mol. The van der Waals surface area contributed by atoms with E-state index >= 15 is 0 Å². The summed E-state index contributed by atoms with van der Waals surface area (Å²) in [6.45, 7) is 4.17. The Labute approximate surface area is 128 Å². The van der Waals surface area contributed by atoms with Crippen LogP contribution in [0.4, 0.5) is 4.39 Å². The standard InChI is InChI=1S/C15H18ClFN2O2/c1-3-15(2)14(21)19(7-6-13(20)18-15)9-10-4-5-11(17)8-12(10)16/h4-5,8H,3,6-7,9H2,1-2H3,(H,18,20). The second-order valence-electron chi connectivity index (χ2n) is 5.45. The number of amides is 2. The van der Waals surface area contributed by atoms with Gasteiger partial charge in [0.25, 0.3) is 0 Å². The summed E-state index contributed by atoms with van der Waals surface area (Å²) in [4.78, 5) is 26.0. The predicted molar refractivity (Wildman–Crippen MR) is 78.3 cm³/mol. The van der Waals surface area contributed by atoms with Gasteiger partial charge in [0.1, 0.15) is 11.4 Å². The van der Waals surface area contributed by atoms with E-state index in [4.69, 9.17) is 11.6 Å². The summed E-state index contributed by atoms with van der Waals surface area (Å²) >= 11 is 6.01. The van der Waals surface area contributed by atoms with E-state index in [0.717, 1.165) is 0 Å². The number of carbonyl (C=O) groups excluding carboxylic acids is 2. The Morgan fingerprint density at radius 2 is 2.14 bits per heavy atom. The molecule has 0 spiro atoms. The fraction of sp³-hybridized carbons (Fsp3) is 0.467. The van der Waals surface area contributed by atoms with Crippen molar-refractivity contribution in [2.45, 2.75) is 38.8 Å². The number of hydrogen-bond donors (Lipinski definition) is 1. The molecule has 2 amide bonds. The first-order valence-electron chi connectivity index (χ1n) is 6.90. The molecule has 1 aliphatic rings. The van der Waals surface area contributed by atoms with Crippen LogP contribution in [0.3, 0.4) is 0 Å². The van der Waals surface area contributed by atoms with Crippen molar-refractivity contribution in [2.75, 3.05) is 6.54 Å². The molecular formula is C15H18ClFN2O2. The van der Waals surface area contributed by atoms with E-state index < -0.39 is 11.4 Å². The van der Waals surface area contributed by atoms with Crippen LogP contribution in [0, 0.1) is 5.82 Å². The molecule has 1 atom stereocenters. The highest BCUT2D eigenvalue weighted by Crippen LogP contribution is 2.23. The van der Waals surface area contributed by atoms with Gasteiger partial charge in [0.05, 0.1) is 0 Å². The molecule has 114 valence electrons. The van der Waals surface area contributed by atoms with Gasteiger partial charge in [-0.25, -0.2) is 4.39 Å². The Morgan fingerprint density at radius 1 is 1.43 bits per heavy atom.